The van der Waals surface area contributed by atoms with Crippen molar-refractivity contribution in [2.75, 3.05) is 18.5 Å². The van der Waals surface area contributed by atoms with Gasteiger partial charge in [-0.2, -0.15) is 0 Å². The third-order valence-corrected chi connectivity index (χ3v) is 4.25. The molecule has 0 unspecified atom stereocenters. The smallest absolute Gasteiger partial charge is 0.410 e. The van der Waals surface area contributed by atoms with Crippen molar-refractivity contribution in [3.63, 3.8) is 0 Å². The van der Waals surface area contributed by atoms with Crippen LogP contribution >= 0.6 is 11.3 Å². The quantitative estimate of drug-likeness (QED) is 0.932. The summed E-state index contributed by atoms with van der Waals surface area (Å²) in [6.07, 6.45) is 5.15. The first kappa shape index (κ1) is 15.4. The van der Waals surface area contributed by atoms with Crippen LogP contribution in [0.4, 0.5) is 9.93 Å². The number of fused-ring (bicyclic) bond motifs is 1. The molecule has 1 aliphatic rings. The summed E-state index contributed by atoms with van der Waals surface area (Å²) in [4.78, 5) is 34.0. The average molecular weight is 332 g/mol. The van der Waals surface area contributed by atoms with E-state index < -0.39 is 0 Å². The molecule has 0 radical (unpaired) electrons. The molecular weight excluding hydrogens is 316 g/mol. The fourth-order valence-electron chi connectivity index (χ4n) is 2.51. The molecule has 1 N–H and O–H groups in total. The van der Waals surface area contributed by atoms with E-state index in [9.17, 15) is 9.59 Å². The summed E-state index contributed by atoms with van der Waals surface area (Å²) >= 11 is 1.36. The second-order valence-electron chi connectivity index (χ2n) is 4.99. The minimum atomic E-state index is -0.337. The summed E-state index contributed by atoms with van der Waals surface area (Å²) in [6.45, 7) is 3.04. The van der Waals surface area contributed by atoms with Gasteiger partial charge in [-0.05, 0) is 24.5 Å². The molecule has 0 bridgehead atoms. The van der Waals surface area contributed by atoms with Crippen molar-refractivity contribution in [2.45, 2.75) is 19.9 Å². The third-order valence-electron chi connectivity index (χ3n) is 3.56. The van der Waals surface area contributed by atoms with Gasteiger partial charge < -0.3 is 9.64 Å². The molecule has 8 heteroatoms. The largest absolute Gasteiger partial charge is 0.450 e. The van der Waals surface area contributed by atoms with Gasteiger partial charge in [-0.1, -0.05) is 0 Å². The van der Waals surface area contributed by atoms with Gasteiger partial charge in [0, 0.05) is 30.5 Å². The Bertz CT molecular complexity index is 718. The first-order valence-electron chi connectivity index (χ1n) is 7.27. The third kappa shape index (κ3) is 3.31. The highest BCUT2D eigenvalue weighted by molar-refractivity contribution is 7.13. The number of nitrogens with one attached hydrogen (secondary N) is 1. The second-order valence-corrected chi connectivity index (χ2v) is 5.88. The standard InChI is InChI=1S/C15H16N4O3S/c1-2-22-15(21)19-5-3-11-10(9-19)7-16-8-12(11)13(20)18-14-17-4-6-23-14/h4,6-8H,2-3,5,9H2,1H3,(H,17,18,20). The lowest BCUT2D eigenvalue weighted by molar-refractivity contribution is 0.101. The predicted molar refractivity (Wildman–Crippen MR) is 85.4 cm³/mol. The monoisotopic (exact) mass is 332 g/mol. The van der Waals surface area contributed by atoms with Gasteiger partial charge in [0.25, 0.3) is 5.91 Å². The van der Waals surface area contributed by atoms with Crippen LogP contribution in [0.15, 0.2) is 24.0 Å². The number of rotatable bonds is 3. The molecule has 2 aromatic rings. The van der Waals surface area contributed by atoms with Crippen LogP contribution in [-0.4, -0.2) is 40.0 Å². The number of ether oxygens (including phenoxy) is 1. The highest BCUT2D eigenvalue weighted by atomic mass is 32.1. The molecule has 0 spiro atoms. The van der Waals surface area contributed by atoms with E-state index in [0.717, 1.165) is 11.1 Å². The summed E-state index contributed by atoms with van der Waals surface area (Å²) in [5, 5.41) is 5.12. The second kappa shape index (κ2) is 6.74. The Kier molecular flexibility index (Phi) is 4.52. The first-order chi connectivity index (χ1) is 11.2. The molecule has 0 atom stereocenters. The summed E-state index contributed by atoms with van der Waals surface area (Å²) < 4.78 is 5.02. The minimum absolute atomic E-state index is 0.228. The van der Waals surface area contributed by atoms with Gasteiger partial charge in [0.2, 0.25) is 0 Å². The Balaban J connectivity index is 1.79. The van der Waals surface area contributed by atoms with Crippen LogP contribution in [0.5, 0.6) is 0 Å². The van der Waals surface area contributed by atoms with E-state index in [-0.39, 0.29) is 12.0 Å². The fraction of sp³-hybridized carbons (Fsp3) is 0.333. The number of pyridine rings is 1. The zero-order valence-corrected chi connectivity index (χ0v) is 13.4. The Morgan fingerprint density at radius 3 is 3.04 bits per heavy atom. The van der Waals surface area contributed by atoms with Gasteiger partial charge in [-0.15, -0.1) is 11.3 Å². The highest BCUT2D eigenvalue weighted by Gasteiger charge is 2.25. The van der Waals surface area contributed by atoms with Gasteiger partial charge in [-0.3, -0.25) is 15.1 Å². The number of thiazole rings is 1. The van der Waals surface area contributed by atoms with Gasteiger partial charge in [0.15, 0.2) is 5.13 Å². The number of hydrogen-bond donors (Lipinski definition) is 1. The number of carbonyl (C=O) groups is 2. The van der Waals surface area contributed by atoms with Gasteiger partial charge in [-0.25, -0.2) is 9.78 Å². The molecule has 1 aliphatic heterocycles. The topological polar surface area (TPSA) is 84.4 Å². The molecule has 0 saturated heterocycles. The number of hydrogen-bond acceptors (Lipinski definition) is 6. The summed E-state index contributed by atoms with van der Waals surface area (Å²) in [5.74, 6) is -0.228. The van der Waals surface area contributed by atoms with Crippen LogP contribution in [-0.2, 0) is 17.7 Å². The first-order valence-corrected chi connectivity index (χ1v) is 8.15. The summed E-state index contributed by atoms with van der Waals surface area (Å²) in [7, 11) is 0. The predicted octanol–water partition coefficient (Wildman–Crippen LogP) is 2.31. The maximum absolute atomic E-state index is 12.4. The maximum atomic E-state index is 12.4. The maximum Gasteiger partial charge on any atom is 0.410 e. The number of aromatic nitrogens is 2. The van der Waals surface area contributed by atoms with E-state index in [1.54, 1.807) is 35.8 Å². The van der Waals surface area contributed by atoms with Crippen LogP contribution < -0.4 is 5.32 Å². The van der Waals surface area contributed by atoms with Crippen LogP contribution in [0.1, 0.15) is 28.4 Å². The zero-order valence-electron chi connectivity index (χ0n) is 12.6. The Labute approximate surface area is 137 Å². The van der Waals surface area contributed by atoms with E-state index in [0.29, 0.717) is 36.8 Å². The molecule has 7 nitrogen and oxygen atoms in total. The summed E-state index contributed by atoms with van der Waals surface area (Å²) in [6, 6.07) is 0. The van der Waals surface area contributed by atoms with E-state index in [1.807, 2.05) is 0 Å². The molecule has 120 valence electrons. The van der Waals surface area contributed by atoms with Crippen molar-refractivity contribution in [1.82, 2.24) is 14.9 Å². The SMILES string of the molecule is CCOC(=O)N1CCc2c(cncc2C(=O)Nc2nccs2)C1. The molecule has 3 heterocycles. The van der Waals surface area contributed by atoms with E-state index >= 15 is 0 Å². The molecule has 23 heavy (non-hydrogen) atoms. The molecule has 0 aliphatic carbocycles. The Hall–Kier alpha value is -2.48. The Morgan fingerprint density at radius 1 is 1.43 bits per heavy atom. The molecule has 2 amide bonds. The zero-order chi connectivity index (χ0) is 16.2. The molecule has 3 rings (SSSR count). The van der Waals surface area contributed by atoms with Crippen molar-refractivity contribution >= 4 is 28.5 Å². The molecule has 2 aromatic heterocycles. The average Bonchev–Trinajstić information content (AvgIpc) is 3.07. The van der Waals surface area contributed by atoms with Crippen molar-refractivity contribution < 1.29 is 14.3 Å². The number of amides is 2. The van der Waals surface area contributed by atoms with E-state index in [4.69, 9.17) is 4.74 Å². The number of carbonyl (C=O) groups excluding carboxylic acids is 2. The molecule has 0 saturated carbocycles. The summed E-state index contributed by atoms with van der Waals surface area (Å²) in [5.41, 5.74) is 2.33. The Morgan fingerprint density at radius 2 is 2.30 bits per heavy atom. The van der Waals surface area contributed by atoms with E-state index in [2.05, 4.69) is 15.3 Å². The molecule has 0 fully saturated rings. The normalized spacial score (nSPS) is 13.3. The van der Waals surface area contributed by atoms with Crippen LogP contribution in [0, 0.1) is 0 Å². The number of nitrogens with zero attached hydrogens (tertiary/aromatic N) is 3. The fourth-order valence-corrected chi connectivity index (χ4v) is 3.03. The van der Waals surface area contributed by atoms with Crippen molar-refractivity contribution in [3.8, 4) is 0 Å². The molecular formula is C15H16N4O3S. The lowest BCUT2D eigenvalue weighted by Crippen LogP contribution is -2.37. The van der Waals surface area contributed by atoms with Gasteiger partial charge in [0.05, 0.1) is 18.7 Å². The van der Waals surface area contributed by atoms with Crippen molar-refractivity contribution in [3.05, 3.63) is 40.7 Å². The van der Waals surface area contributed by atoms with Crippen LogP contribution in [0.2, 0.25) is 0 Å². The lowest BCUT2D eigenvalue weighted by Gasteiger charge is -2.28. The highest BCUT2D eigenvalue weighted by Crippen LogP contribution is 2.23. The minimum Gasteiger partial charge on any atom is -0.450 e. The lowest BCUT2D eigenvalue weighted by atomic mass is 9.97. The van der Waals surface area contributed by atoms with Crippen molar-refractivity contribution in [2.24, 2.45) is 0 Å². The number of anilines is 1. The van der Waals surface area contributed by atoms with Gasteiger partial charge in [0.1, 0.15) is 0 Å². The molecule has 0 aromatic carbocycles. The van der Waals surface area contributed by atoms with Gasteiger partial charge >= 0.3 is 6.09 Å². The van der Waals surface area contributed by atoms with E-state index in [1.165, 1.54) is 11.3 Å². The van der Waals surface area contributed by atoms with Crippen LogP contribution in [0.25, 0.3) is 0 Å². The van der Waals surface area contributed by atoms with Crippen molar-refractivity contribution in [1.29, 1.82) is 0 Å². The van der Waals surface area contributed by atoms with Crippen LogP contribution in [0.3, 0.4) is 0 Å².